The number of hydrogen-bond donors (Lipinski definition) is 1. The number of methoxy groups -OCH3 is 1. The first-order valence-electron chi connectivity index (χ1n) is 15.3. The number of carbonyl (C=O) groups is 2. The van der Waals surface area contributed by atoms with Crippen LogP contribution in [0.15, 0.2) is 83.8 Å². The van der Waals surface area contributed by atoms with Crippen LogP contribution in [0.1, 0.15) is 57.9 Å². The van der Waals surface area contributed by atoms with Crippen molar-refractivity contribution in [3.8, 4) is 11.5 Å². The van der Waals surface area contributed by atoms with E-state index < -0.39 is 28.5 Å². The summed E-state index contributed by atoms with van der Waals surface area (Å²) in [4.78, 5) is 29.5. The molecule has 0 heterocycles. The summed E-state index contributed by atoms with van der Waals surface area (Å²) in [6.07, 6.45) is 5.46. The number of para-hydroxylation sites is 1. The lowest BCUT2D eigenvalue weighted by molar-refractivity contribution is -0.140. The summed E-state index contributed by atoms with van der Waals surface area (Å²) in [7, 11) is -2.60. The van der Waals surface area contributed by atoms with Gasteiger partial charge in [-0.25, -0.2) is 8.42 Å². The van der Waals surface area contributed by atoms with E-state index in [0.717, 1.165) is 42.0 Å². The van der Waals surface area contributed by atoms with Crippen molar-refractivity contribution in [2.24, 2.45) is 0 Å². The lowest BCUT2D eigenvalue weighted by atomic mass is 9.95. The zero-order valence-corrected chi connectivity index (χ0v) is 26.6. The number of ether oxygens (including phenoxy) is 2. The Morgan fingerprint density at radius 1 is 0.909 bits per heavy atom. The van der Waals surface area contributed by atoms with Gasteiger partial charge in [0.1, 0.15) is 24.1 Å². The molecule has 1 saturated carbocycles. The molecule has 0 radical (unpaired) electrons. The minimum absolute atomic E-state index is 0.0269. The quantitative estimate of drug-likeness (QED) is 0.253. The van der Waals surface area contributed by atoms with Gasteiger partial charge in [-0.2, -0.15) is 0 Å². The summed E-state index contributed by atoms with van der Waals surface area (Å²) in [6.45, 7) is 3.79. The molecule has 9 nitrogen and oxygen atoms in total. The summed E-state index contributed by atoms with van der Waals surface area (Å²) >= 11 is 0. The van der Waals surface area contributed by atoms with E-state index in [1.54, 1.807) is 49.6 Å². The normalized spacial score (nSPS) is 14.3. The van der Waals surface area contributed by atoms with Gasteiger partial charge in [0.25, 0.3) is 10.0 Å². The number of rotatable bonds is 14. The molecule has 2 amide bonds. The van der Waals surface area contributed by atoms with E-state index in [-0.39, 0.29) is 23.4 Å². The number of anilines is 1. The lowest BCUT2D eigenvalue weighted by Gasteiger charge is -2.34. The van der Waals surface area contributed by atoms with Gasteiger partial charge in [0.05, 0.1) is 24.3 Å². The van der Waals surface area contributed by atoms with E-state index in [2.05, 4.69) is 5.32 Å². The SMILES string of the molecule is CCOc1ccc(S(=O)(=O)N(CC(=O)N(Cc2cccc(OC)c2)C(CC)C(=O)NC2CCCCC2)c2ccccc2)cc1. The van der Waals surface area contributed by atoms with Crippen LogP contribution >= 0.6 is 0 Å². The zero-order valence-electron chi connectivity index (χ0n) is 25.8. The third kappa shape index (κ3) is 8.31. The molecule has 0 aromatic heterocycles. The van der Waals surface area contributed by atoms with E-state index in [1.807, 2.05) is 38.1 Å². The summed E-state index contributed by atoms with van der Waals surface area (Å²) in [6, 6.07) is 21.3. The van der Waals surface area contributed by atoms with Crippen molar-refractivity contribution >= 4 is 27.5 Å². The smallest absolute Gasteiger partial charge is 0.264 e. The number of hydrogen-bond acceptors (Lipinski definition) is 6. The maximum absolute atomic E-state index is 14.3. The number of nitrogens with zero attached hydrogens (tertiary/aromatic N) is 2. The minimum Gasteiger partial charge on any atom is -0.497 e. The molecule has 0 aliphatic heterocycles. The third-order valence-corrected chi connectivity index (χ3v) is 9.66. The Morgan fingerprint density at radius 3 is 2.25 bits per heavy atom. The molecule has 1 unspecified atom stereocenters. The van der Waals surface area contributed by atoms with Gasteiger partial charge in [-0.15, -0.1) is 0 Å². The molecule has 236 valence electrons. The molecular weight excluding hydrogens is 578 g/mol. The fraction of sp³-hybridized carbons (Fsp3) is 0.412. The first-order valence-corrected chi connectivity index (χ1v) is 16.7. The molecule has 0 spiro atoms. The molecule has 3 aromatic carbocycles. The molecule has 1 N–H and O–H groups in total. The molecule has 1 fully saturated rings. The molecule has 1 aliphatic rings. The van der Waals surface area contributed by atoms with Gasteiger partial charge in [-0.3, -0.25) is 13.9 Å². The third-order valence-electron chi connectivity index (χ3n) is 7.87. The van der Waals surface area contributed by atoms with Crippen LogP contribution in [0, 0.1) is 0 Å². The van der Waals surface area contributed by atoms with Crippen molar-refractivity contribution in [3.63, 3.8) is 0 Å². The predicted molar refractivity (Wildman–Crippen MR) is 171 cm³/mol. The molecular formula is C34H43N3O6S. The summed E-state index contributed by atoms with van der Waals surface area (Å²) in [5.74, 6) is 0.458. The van der Waals surface area contributed by atoms with E-state index in [1.165, 1.54) is 17.0 Å². The summed E-state index contributed by atoms with van der Waals surface area (Å²) < 4.78 is 40.1. The van der Waals surface area contributed by atoms with Gasteiger partial charge in [-0.1, -0.05) is 56.5 Å². The maximum atomic E-state index is 14.3. The maximum Gasteiger partial charge on any atom is 0.264 e. The van der Waals surface area contributed by atoms with E-state index in [9.17, 15) is 18.0 Å². The van der Waals surface area contributed by atoms with Crippen molar-refractivity contribution in [1.82, 2.24) is 10.2 Å². The van der Waals surface area contributed by atoms with Crippen LogP contribution in [0.2, 0.25) is 0 Å². The number of carbonyl (C=O) groups excluding carboxylic acids is 2. The highest BCUT2D eigenvalue weighted by Gasteiger charge is 2.34. The van der Waals surface area contributed by atoms with Gasteiger partial charge in [0.2, 0.25) is 11.8 Å². The van der Waals surface area contributed by atoms with Crippen molar-refractivity contribution in [1.29, 1.82) is 0 Å². The highest BCUT2D eigenvalue weighted by atomic mass is 32.2. The van der Waals surface area contributed by atoms with Crippen molar-refractivity contribution in [2.75, 3.05) is 24.6 Å². The fourth-order valence-electron chi connectivity index (χ4n) is 5.56. The first-order chi connectivity index (χ1) is 21.3. The van der Waals surface area contributed by atoms with Gasteiger partial charge < -0.3 is 19.7 Å². The topological polar surface area (TPSA) is 105 Å². The van der Waals surface area contributed by atoms with Crippen LogP contribution in [-0.4, -0.2) is 57.5 Å². The van der Waals surface area contributed by atoms with Crippen LogP contribution in [0.25, 0.3) is 0 Å². The molecule has 10 heteroatoms. The number of nitrogens with one attached hydrogen (secondary N) is 1. The summed E-state index contributed by atoms with van der Waals surface area (Å²) in [5.41, 5.74) is 1.11. The largest absolute Gasteiger partial charge is 0.497 e. The van der Waals surface area contributed by atoms with Crippen LogP contribution in [-0.2, 0) is 26.2 Å². The average molecular weight is 622 g/mol. The van der Waals surface area contributed by atoms with Crippen molar-refractivity contribution in [3.05, 3.63) is 84.4 Å². The monoisotopic (exact) mass is 621 g/mol. The van der Waals surface area contributed by atoms with Crippen molar-refractivity contribution < 1.29 is 27.5 Å². The molecule has 4 rings (SSSR count). The fourth-order valence-corrected chi connectivity index (χ4v) is 6.97. The minimum atomic E-state index is -4.16. The number of amides is 2. The van der Waals surface area contributed by atoms with Crippen LogP contribution in [0.3, 0.4) is 0 Å². The molecule has 1 atom stereocenters. The second kappa shape index (κ2) is 15.6. The van der Waals surface area contributed by atoms with Crippen LogP contribution in [0.4, 0.5) is 5.69 Å². The standard InChI is InChI=1S/C34H43N3O6S/c1-4-32(34(39)35-27-14-8-6-9-15-27)36(24-26-13-12-18-30(23-26)42-3)33(38)25-37(28-16-10-7-11-17-28)44(40,41)31-21-19-29(20-22-31)43-5-2/h7,10-13,16-23,27,32H,4-6,8-9,14-15,24-25H2,1-3H3,(H,35,39). The Balaban J connectivity index is 1.69. The Kier molecular flexibility index (Phi) is 11.7. The molecule has 3 aromatic rings. The van der Waals surface area contributed by atoms with Crippen LogP contribution in [0.5, 0.6) is 11.5 Å². The van der Waals surface area contributed by atoms with E-state index in [4.69, 9.17) is 9.47 Å². The van der Waals surface area contributed by atoms with Gasteiger partial charge in [0, 0.05) is 12.6 Å². The second-order valence-corrected chi connectivity index (χ2v) is 12.8. The molecule has 0 bridgehead atoms. The van der Waals surface area contributed by atoms with Gasteiger partial charge in [0.15, 0.2) is 0 Å². The highest BCUT2D eigenvalue weighted by Crippen LogP contribution is 2.27. The molecule has 44 heavy (non-hydrogen) atoms. The molecule has 0 saturated heterocycles. The van der Waals surface area contributed by atoms with E-state index >= 15 is 0 Å². The van der Waals surface area contributed by atoms with Gasteiger partial charge >= 0.3 is 0 Å². The first kappa shape index (κ1) is 32.9. The average Bonchev–Trinajstić information content (AvgIpc) is 3.04. The number of sulfonamides is 1. The Hall–Kier alpha value is -4.05. The summed E-state index contributed by atoms with van der Waals surface area (Å²) in [5, 5.41) is 3.17. The predicted octanol–water partition coefficient (Wildman–Crippen LogP) is 5.55. The Labute approximate surface area is 261 Å². The van der Waals surface area contributed by atoms with Crippen molar-refractivity contribution in [2.45, 2.75) is 75.9 Å². The highest BCUT2D eigenvalue weighted by molar-refractivity contribution is 7.92. The zero-order chi connectivity index (χ0) is 31.5. The Morgan fingerprint density at radius 2 is 1.61 bits per heavy atom. The lowest BCUT2D eigenvalue weighted by Crippen LogP contribution is -2.54. The molecule has 1 aliphatic carbocycles. The van der Waals surface area contributed by atoms with Crippen LogP contribution < -0.4 is 19.1 Å². The number of benzene rings is 3. The van der Waals surface area contributed by atoms with E-state index in [0.29, 0.717) is 30.2 Å². The van der Waals surface area contributed by atoms with Gasteiger partial charge in [-0.05, 0) is 80.3 Å². The Bertz CT molecular complexity index is 1470. The second-order valence-electron chi connectivity index (χ2n) is 10.9.